The monoisotopic (exact) mass is 749 g/mol. The first-order valence-corrected chi connectivity index (χ1v) is 16.0. The number of aromatic hydroxyl groups is 1. The number of rotatable bonds is 4. The lowest BCUT2D eigenvalue weighted by molar-refractivity contribution is -0.384. The third-order valence-corrected chi connectivity index (χ3v) is 11.8. The molecule has 10 nitrogen and oxygen atoms in total. The molecule has 1 N–H and O–H groups in total. The largest absolute Gasteiger partial charge is 0.507 e. The average Bonchev–Trinajstić information content (AvgIpc) is 3.43. The molecule has 2 aliphatic carbocycles. The Hall–Kier alpha value is -4.89. The van der Waals surface area contributed by atoms with Crippen LogP contribution in [-0.4, -0.2) is 43.4 Å². The van der Waals surface area contributed by atoms with Crippen molar-refractivity contribution in [3.8, 4) is 5.75 Å². The second-order valence-electron chi connectivity index (χ2n) is 13.0. The molecule has 2 aliphatic heterocycles. The van der Waals surface area contributed by atoms with E-state index < -0.39 is 109 Å². The lowest BCUT2D eigenvalue weighted by Gasteiger charge is -2.50. The van der Waals surface area contributed by atoms with Crippen molar-refractivity contribution in [2.45, 2.75) is 42.4 Å². The van der Waals surface area contributed by atoms with Gasteiger partial charge in [0.1, 0.15) is 11.4 Å². The average molecular weight is 750 g/mol. The molecule has 0 aromatic heterocycles. The molecular weight excluding hydrogens is 728 g/mol. The van der Waals surface area contributed by atoms with Crippen LogP contribution >= 0.6 is 23.2 Å². The minimum atomic E-state index is -2.72. The second-order valence-corrected chi connectivity index (χ2v) is 14.2. The number of alkyl halides is 2. The summed E-state index contributed by atoms with van der Waals surface area (Å²) in [7, 11) is 0. The fraction of sp³-hybridized carbons (Fsp3) is 0.294. The van der Waals surface area contributed by atoms with Gasteiger partial charge >= 0.3 is 0 Å². The number of nitro groups is 1. The third-order valence-electron chi connectivity index (χ3n) is 10.4. The maximum atomic E-state index is 15.2. The zero-order valence-corrected chi connectivity index (χ0v) is 27.7. The molecule has 17 heteroatoms. The zero-order chi connectivity index (χ0) is 37.2. The van der Waals surface area contributed by atoms with Crippen LogP contribution in [0.2, 0.25) is 0 Å². The quantitative estimate of drug-likeness (QED) is 0.0478. The molecule has 0 bridgehead atoms. The minimum Gasteiger partial charge on any atom is -0.507 e. The van der Waals surface area contributed by atoms with E-state index in [-0.39, 0.29) is 45.0 Å². The van der Waals surface area contributed by atoms with Crippen molar-refractivity contribution >= 4 is 63.9 Å². The van der Waals surface area contributed by atoms with Gasteiger partial charge in [-0.05, 0) is 55.4 Å². The fourth-order valence-electron chi connectivity index (χ4n) is 8.10. The Balaban J connectivity index is 1.44. The van der Waals surface area contributed by atoms with Crippen LogP contribution in [0.25, 0.3) is 0 Å². The van der Waals surface area contributed by atoms with Crippen LogP contribution in [0.15, 0.2) is 48.0 Å². The zero-order valence-electron chi connectivity index (χ0n) is 26.1. The number of anilines is 2. The first-order valence-electron chi connectivity index (χ1n) is 15.3. The molecule has 6 atom stereocenters. The molecule has 1 saturated carbocycles. The number of fused-ring (bicyclic) bond motifs is 4. The van der Waals surface area contributed by atoms with Crippen LogP contribution in [0.4, 0.5) is 39.0 Å². The summed E-state index contributed by atoms with van der Waals surface area (Å²) >= 11 is 14.3. The standard InChI is InChI=1S/C34H22Cl2F5N3O7/c1-12-8-14(9-13(2)28(12)45)21-17-6-7-18-20(30(47)42(29(18)46)15-4-3-5-16(10-15)44(50)51)19(17)11-33(35)31(48)43(32(49)34(21,33)36)27-25(40)23(38)22(37)24(39)26(27)41/h3-6,8-10,18-21,45H,7,11H2,1-2H3. The second kappa shape index (κ2) is 11.3. The molecule has 4 aliphatic rings. The molecule has 7 rings (SSSR count). The summed E-state index contributed by atoms with van der Waals surface area (Å²) < 4.78 is 73.4. The van der Waals surface area contributed by atoms with Gasteiger partial charge in [-0.1, -0.05) is 29.8 Å². The van der Waals surface area contributed by atoms with Gasteiger partial charge in [0.15, 0.2) is 33.0 Å². The number of phenolic OH excluding ortho intramolecular Hbond substituents is 1. The van der Waals surface area contributed by atoms with Gasteiger partial charge in [0.05, 0.1) is 22.4 Å². The van der Waals surface area contributed by atoms with Crippen LogP contribution in [0.1, 0.15) is 35.4 Å². The molecule has 0 spiro atoms. The Morgan fingerprint density at radius 2 is 1.43 bits per heavy atom. The highest BCUT2D eigenvalue weighted by Gasteiger charge is 2.77. The molecule has 2 saturated heterocycles. The molecule has 3 aromatic carbocycles. The Morgan fingerprint density at radius 1 is 0.843 bits per heavy atom. The molecule has 264 valence electrons. The van der Waals surface area contributed by atoms with E-state index in [1.165, 1.54) is 44.2 Å². The number of carbonyl (C=O) groups excluding carboxylic acids is 4. The Bertz CT molecular complexity index is 2170. The maximum Gasteiger partial charge on any atom is 0.271 e. The number of halogens is 7. The number of non-ortho nitro benzene ring substituents is 1. The van der Waals surface area contributed by atoms with Gasteiger partial charge in [-0.3, -0.25) is 29.3 Å². The summed E-state index contributed by atoms with van der Waals surface area (Å²) in [6, 6.07) is 7.58. The van der Waals surface area contributed by atoms with Crippen LogP contribution in [0.3, 0.4) is 0 Å². The lowest BCUT2D eigenvalue weighted by atomic mass is 9.56. The summed E-state index contributed by atoms with van der Waals surface area (Å²) in [5.74, 6) is -22.5. The number of amides is 4. The molecule has 6 unspecified atom stereocenters. The van der Waals surface area contributed by atoms with Gasteiger partial charge in [0.25, 0.3) is 17.5 Å². The molecular formula is C34H22Cl2F5N3O7. The number of allylic oxidation sites excluding steroid dienone is 2. The SMILES string of the molecule is Cc1cc(C2C3=CCC4C(=O)N(c5cccc([N+](=O)[O-])c5)C(=O)C4C3CC3(Cl)C(=O)N(c4c(F)c(F)c(F)c(F)c4F)C(=O)C23Cl)cc(C)c1O. The number of carbonyl (C=O) groups is 4. The van der Waals surface area contributed by atoms with Gasteiger partial charge in [0.2, 0.25) is 17.6 Å². The predicted octanol–water partition coefficient (Wildman–Crippen LogP) is 6.38. The van der Waals surface area contributed by atoms with Crippen molar-refractivity contribution in [1.29, 1.82) is 0 Å². The molecule has 3 fully saturated rings. The highest BCUT2D eigenvalue weighted by Crippen LogP contribution is 2.66. The number of phenols is 1. The summed E-state index contributed by atoms with van der Waals surface area (Å²) in [5, 5.41) is 22.0. The van der Waals surface area contributed by atoms with E-state index in [2.05, 4.69) is 0 Å². The maximum absolute atomic E-state index is 15.2. The van der Waals surface area contributed by atoms with Crippen molar-refractivity contribution in [1.82, 2.24) is 0 Å². The molecule has 51 heavy (non-hydrogen) atoms. The van der Waals surface area contributed by atoms with Gasteiger partial charge in [0, 0.05) is 18.1 Å². The lowest BCUT2D eigenvalue weighted by Crippen LogP contribution is -2.60. The topological polar surface area (TPSA) is 138 Å². The van der Waals surface area contributed by atoms with Gasteiger partial charge in [-0.15, -0.1) is 23.2 Å². The number of nitrogens with zero attached hydrogens (tertiary/aromatic N) is 3. The predicted molar refractivity (Wildman–Crippen MR) is 170 cm³/mol. The number of nitro benzene ring substituents is 1. The Kier molecular flexibility index (Phi) is 7.66. The number of hydrogen-bond donors (Lipinski definition) is 1. The fourth-order valence-corrected chi connectivity index (χ4v) is 9.03. The summed E-state index contributed by atoms with van der Waals surface area (Å²) in [5.41, 5.74) is -1.53. The Labute approximate surface area is 294 Å². The first kappa shape index (κ1) is 34.6. The van der Waals surface area contributed by atoms with Crippen LogP contribution in [0.5, 0.6) is 5.75 Å². The van der Waals surface area contributed by atoms with E-state index in [0.717, 1.165) is 17.0 Å². The summed E-state index contributed by atoms with van der Waals surface area (Å²) in [6.07, 6.45) is 0.691. The number of aryl methyl sites for hydroxylation is 2. The van der Waals surface area contributed by atoms with Crippen LogP contribution in [-0.2, 0) is 19.2 Å². The van der Waals surface area contributed by atoms with Gasteiger partial charge in [-0.25, -0.2) is 31.8 Å². The van der Waals surface area contributed by atoms with Crippen molar-refractivity contribution in [3.05, 3.63) is 104 Å². The van der Waals surface area contributed by atoms with E-state index in [4.69, 9.17) is 23.2 Å². The van der Waals surface area contributed by atoms with Gasteiger partial charge in [-0.2, -0.15) is 0 Å². The molecule has 4 amide bonds. The van der Waals surface area contributed by atoms with Gasteiger partial charge < -0.3 is 5.11 Å². The van der Waals surface area contributed by atoms with E-state index in [1.807, 2.05) is 0 Å². The van der Waals surface area contributed by atoms with Crippen molar-refractivity contribution in [3.63, 3.8) is 0 Å². The normalized spacial score (nSPS) is 28.5. The smallest absolute Gasteiger partial charge is 0.271 e. The van der Waals surface area contributed by atoms with Crippen molar-refractivity contribution in [2.24, 2.45) is 17.8 Å². The van der Waals surface area contributed by atoms with E-state index in [9.17, 15) is 47.6 Å². The van der Waals surface area contributed by atoms with E-state index >= 15 is 8.78 Å². The van der Waals surface area contributed by atoms with E-state index in [1.54, 1.807) is 0 Å². The summed E-state index contributed by atoms with van der Waals surface area (Å²) in [4.78, 5) is 62.5. The summed E-state index contributed by atoms with van der Waals surface area (Å²) in [6.45, 7) is 3.01. The van der Waals surface area contributed by atoms with E-state index in [0.29, 0.717) is 0 Å². The first-order chi connectivity index (χ1) is 23.9. The molecule has 2 heterocycles. The minimum absolute atomic E-state index is 0.107. The highest BCUT2D eigenvalue weighted by atomic mass is 35.5. The van der Waals surface area contributed by atoms with Crippen LogP contribution in [0, 0.1) is 70.8 Å². The highest BCUT2D eigenvalue weighted by molar-refractivity contribution is 6.58. The number of hydrogen-bond acceptors (Lipinski definition) is 7. The van der Waals surface area contributed by atoms with Crippen LogP contribution < -0.4 is 9.80 Å². The van der Waals surface area contributed by atoms with Crippen molar-refractivity contribution in [2.75, 3.05) is 9.80 Å². The Morgan fingerprint density at radius 3 is 2.02 bits per heavy atom. The molecule has 3 aromatic rings. The number of benzene rings is 3. The third kappa shape index (κ3) is 4.40. The van der Waals surface area contributed by atoms with Crippen molar-refractivity contribution < 1.29 is 51.2 Å². The molecule has 0 radical (unpaired) electrons. The number of imide groups is 2.